The van der Waals surface area contributed by atoms with Gasteiger partial charge in [-0.2, -0.15) is 0 Å². The van der Waals surface area contributed by atoms with Gasteiger partial charge in [0.1, 0.15) is 0 Å². The van der Waals surface area contributed by atoms with Gasteiger partial charge in [0.2, 0.25) is 0 Å². The van der Waals surface area contributed by atoms with E-state index >= 15 is 0 Å². The van der Waals surface area contributed by atoms with Crippen LogP contribution >= 0.6 is 15.9 Å². The van der Waals surface area contributed by atoms with E-state index in [1.165, 1.54) is 0 Å². The molecule has 3 N–H and O–H groups in total. The second-order valence-electron chi connectivity index (χ2n) is 6.06. The first-order chi connectivity index (χ1) is 10.5. The van der Waals surface area contributed by atoms with Crippen LogP contribution in [-0.4, -0.2) is 23.0 Å². The number of rotatable bonds is 2. The predicted octanol–water partition coefficient (Wildman–Crippen LogP) is 3.31. The van der Waals surface area contributed by atoms with E-state index in [1.54, 1.807) is 0 Å². The minimum absolute atomic E-state index is 0.0155. The van der Waals surface area contributed by atoms with Crippen LogP contribution in [0.4, 0.5) is 0 Å². The van der Waals surface area contributed by atoms with Crippen molar-refractivity contribution >= 4 is 32.7 Å². The van der Waals surface area contributed by atoms with Gasteiger partial charge < -0.3 is 11.1 Å². The molecule has 1 aromatic heterocycles. The van der Waals surface area contributed by atoms with E-state index in [0.717, 1.165) is 46.8 Å². The monoisotopic (exact) mass is 361 g/mol. The van der Waals surface area contributed by atoms with Crippen molar-refractivity contribution in [1.82, 2.24) is 10.3 Å². The highest BCUT2D eigenvalue weighted by atomic mass is 79.9. The highest BCUT2D eigenvalue weighted by Crippen LogP contribution is 2.23. The fraction of sp³-hybridized carbons (Fsp3) is 0.412. The summed E-state index contributed by atoms with van der Waals surface area (Å²) in [5.41, 5.74) is 8.31. The molecule has 0 unspecified atom stereocenters. The first-order valence-corrected chi connectivity index (χ1v) is 8.45. The highest BCUT2D eigenvalue weighted by molar-refractivity contribution is 9.10. The number of pyridine rings is 1. The number of nitrogens with two attached hydrogens (primary N) is 1. The van der Waals surface area contributed by atoms with Crippen molar-refractivity contribution in [3.8, 4) is 0 Å². The average Bonchev–Trinajstić information content (AvgIpc) is 2.48. The molecule has 4 nitrogen and oxygen atoms in total. The van der Waals surface area contributed by atoms with Crippen LogP contribution in [0.2, 0.25) is 0 Å². The second-order valence-corrected chi connectivity index (χ2v) is 6.97. The maximum Gasteiger partial charge on any atom is 0.252 e. The summed E-state index contributed by atoms with van der Waals surface area (Å²) in [5, 5.41) is 4.04. The topological polar surface area (TPSA) is 68.0 Å². The summed E-state index contributed by atoms with van der Waals surface area (Å²) in [7, 11) is 0. The molecular formula is C17H20BrN3O. The Morgan fingerprint density at radius 2 is 2.00 bits per heavy atom. The van der Waals surface area contributed by atoms with Gasteiger partial charge in [-0.3, -0.25) is 9.78 Å². The Kier molecular flexibility index (Phi) is 4.45. The molecule has 0 saturated heterocycles. The van der Waals surface area contributed by atoms with Crippen molar-refractivity contribution in [3.63, 3.8) is 0 Å². The van der Waals surface area contributed by atoms with Crippen LogP contribution in [0, 0.1) is 6.92 Å². The van der Waals surface area contributed by atoms with Crippen LogP contribution < -0.4 is 11.1 Å². The molecule has 1 saturated carbocycles. The fourth-order valence-electron chi connectivity index (χ4n) is 3.05. The van der Waals surface area contributed by atoms with E-state index in [4.69, 9.17) is 5.73 Å². The molecule has 1 fully saturated rings. The zero-order valence-corrected chi connectivity index (χ0v) is 14.2. The van der Waals surface area contributed by atoms with E-state index < -0.39 is 0 Å². The maximum absolute atomic E-state index is 12.7. The van der Waals surface area contributed by atoms with E-state index in [2.05, 4.69) is 26.2 Å². The van der Waals surface area contributed by atoms with Crippen LogP contribution in [0.3, 0.4) is 0 Å². The first kappa shape index (κ1) is 15.4. The summed E-state index contributed by atoms with van der Waals surface area (Å²) in [6, 6.07) is 8.20. The summed E-state index contributed by atoms with van der Waals surface area (Å²) >= 11 is 3.45. The van der Waals surface area contributed by atoms with E-state index in [1.807, 2.05) is 31.2 Å². The third-order valence-corrected chi connectivity index (χ3v) is 4.74. The van der Waals surface area contributed by atoms with E-state index in [0.29, 0.717) is 5.56 Å². The number of carbonyl (C=O) groups excluding carboxylic acids is 1. The van der Waals surface area contributed by atoms with Gasteiger partial charge in [-0.1, -0.05) is 22.0 Å². The molecule has 22 heavy (non-hydrogen) atoms. The smallest absolute Gasteiger partial charge is 0.252 e. The summed E-state index contributed by atoms with van der Waals surface area (Å²) in [4.78, 5) is 17.2. The average molecular weight is 362 g/mol. The van der Waals surface area contributed by atoms with E-state index in [-0.39, 0.29) is 18.0 Å². The minimum Gasteiger partial charge on any atom is -0.349 e. The molecule has 0 radical (unpaired) electrons. The van der Waals surface area contributed by atoms with Crippen molar-refractivity contribution in [2.45, 2.75) is 44.7 Å². The Morgan fingerprint density at radius 3 is 2.73 bits per heavy atom. The summed E-state index contributed by atoms with van der Waals surface area (Å²) < 4.78 is 0.964. The van der Waals surface area contributed by atoms with Gasteiger partial charge in [-0.05, 0) is 50.8 Å². The third kappa shape index (κ3) is 3.31. The number of carbonyl (C=O) groups is 1. The lowest BCUT2D eigenvalue weighted by Crippen LogP contribution is -2.40. The number of benzene rings is 1. The van der Waals surface area contributed by atoms with Crippen molar-refractivity contribution in [3.05, 3.63) is 40.0 Å². The number of hydrogen-bond acceptors (Lipinski definition) is 3. The molecule has 2 aromatic rings. The molecule has 5 heteroatoms. The molecule has 1 heterocycles. The molecule has 0 aliphatic heterocycles. The molecule has 116 valence electrons. The lowest BCUT2D eigenvalue weighted by molar-refractivity contribution is 0.0927. The minimum atomic E-state index is -0.0155. The Bertz CT molecular complexity index is 703. The molecule has 1 amide bonds. The number of nitrogens with zero attached hydrogens (tertiary/aromatic N) is 1. The van der Waals surface area contributed by atoms with Crippen LogP contribution in [0.5, 0.6) is 0 Å². The van der Waals surface area contributed by atoms with Crippen molar-refractivity contribution in [2.75, 3.05) is 0 Å². The lowest BCUT2D eigenvalue weighted by atomic mass is 9.91. The largest absolute Gasteiger partial charge is 0.349 e. The zero-order chi connectivity index (χ0) is 15.7. The van der Waals surface area contributed by atoms with Crippen LogP contribution in [-0.2, 0) is 0 Å². The molecule has 1 aliphatic rings. The van der Waals surface area contributed by atoms with Gasteiger partial charge in [0.15, 0.2) is 0 Å². The lowest BCUT2D eigenvalue weighted by Gasteiger charge is -2.27. The number of aryl methyl sites for hydroxylation is 1. The molecule has 1 aliphatic carbocycles. The van der Waals surface area contributed by atoms with Crippen LogP contribution in [0.25, 0.3) is 10.9 Å². The number of halogens is 1. The number of amides is 1. The third-order valence-electron chi connectivity index (χ3n) is 4.25. The second kappa shape index (κ2) is 6.34. The van der Waals surface area contributed by atoms with Gasteiger partial charge >= 0.3 is 0 Å². The summed E-state index contributed by atoms with van der Waals surface area (Å²) in [5.74, 6) is -0.0155. The fourth-order valence-corrected chi connectivity index (χ4v) is 3.40. The summed E-state index contributed by atoms with van der Waals surface area (Å²) in [6.45, 7) is 1.91. The summed E-state index contributed by atoms with van der Waals surface area (Å²) in [6.07, 6.45) is 3.88. The Morgan fingerprint density at radius 1 is 1.27 bits per heavy atom. The van der Waals surface area contributed by atoms with Crippen molar-refractivity contribution < 1.29 is 4.79 Å². The van der Waals surface area contributed by atoms with Gasteiger partial charge in [0.05, 0.1) is 11.1 Å². The van der Waals surface area contributed by atoms with Crippen molar-refractivity contribution in [1.29, 1.82) is 0 Å². The normalized spacial score (nSPS) is 21.8. The highest BCUT2D eigenvalue weighted by Gasteiger charge is 2.21. The zero-order valence-electron chi connectivity index (χ0n) is 12.6. The number of fused-ring (bicyclic) bond motifs is 1. The first-order valence-electron chi connectivity index (χ1n) is 7.66. The number of hydrogen-bond donors (Lipinski definition) is 2. The molecule has 0 spiro atoms. The van der Waals surface area contributed by atoms with Gasteiger partial charge in [-0.15, -0.1) is 0 Å². The molecule has 1 aromatic carbocycles. The Balaban J connectivity index is 1.87. The van der Waals surface area contributed by atoms with Gasteiger partial charge in [0, 0.05) is 27.6 Å². The number of nitrogens with one attached hydrogen (secondary N) is 1. The SMILES string of the molecule is Cc1cc(C(=O)NC2CCC(N)CC2)c2ccc(Br)cc2n1. The molecule has 0 atom stereocenters. The molecular weight excluding hydrogens is 342 g/mol. The quantitative estimate of drug-likeness (QED) is 0.861. The Labute approximate surface area is 138 Å². The van der Waals surface area contributed by atoms with Crippen molar-refractivity contribution in [2.24, 2.45) is 5.73 Å². The Hall–Kier alpha value is -1.46. The molecule has 0 bridgehead atoms. The number of aromatic nitrogens is 1. The van der Waals surface area contributed by atoms with Gasteiger partial charge in [-0.25, -0.2) is 0 Å². The maximum atomic E-state index is 12.7. The predicted molar refractivity (Wildman–Crippen MR) is 91.9 cm³/mol. The molecule has 3 rings (SSSR count). The van der Waals surface area contributed by atoms with Gasteiger partial charge in [0.25, 0.3) is 5.91 Å². The standard InChI is InChI=1S/C17H20BrN3O/c1-10-8-15(14-7-2-11(18)9-16(14)20-10)17(22)21-13-5-3-12(19)4-6-13/h2,7-9,12-13H,3-6,19H2,1H3,(H,21,22). The van der Waals surface area contributed by atoms with Crippen LogP contribution in [0.15, 0.2) is 28.7 Å². The van der Waals surface area contributed by atoms with Crippen LogP contribution in [0.1, 0.15) is 41.7 Å². The van der Waals surface area contributed by atoms with E-state index in [9.17, 15) is 4.79 Å².